The summed E-state index contributed by atoms with van der Waals surface area (Å²) in [5.74, 6) is 7.16. The minimum absolute atomic E-state index is 0.233. The predicted octanol–water partition coefficient (Wildman–Crippen LogP) is 4.75. The number of rotatable bonds is 2. The van der Waals surface area contributed by atoms with Gasteiger partial charge in [-0.15, -0.1) is 5.92 Å². The lowest BCUT2D eigenvalue weighted by Crippen LogP contribution is -2.11. The third kappa shape index (κ3) is 3.63. The number of hydrogen-bond donors (Lipinski definition) is 0. The van der Waals surface area contributed by atoms with Crippen molar-refractivity contribution in [2.75, 3.05) is 0 Å². The van der Waals surface area contributed by atoms with E-state index in [2.05, 4.69) is 70.7 Å². The van der Waals surface area contributed by atoms with Crippen LogP contribution in [-0.4, -0.2) is 0 Å². The minimum Gasteiger partial charge on any atom is -0.106 e. The molecule has 0 spiro atoms. The zero-order chi connectivity index (χ0) is 13.1. The summed E-state index contributed by atoms with van der Waals surface area (Å²) in [5, 5.41) is 0. The molecule has 0 saturated carbocycles. The van der Waals surface area contributed by atoms with Crippen LogP contribution in [-0.2, 0) is 5.41 Å². The Hall–Kier alpha value is -1.22. The molecular weight excluding hydrogens is 204 g/mol. The van der Waals surface area contributed by atoms with Gasteiger partial charge in [0.2, 0.25) is 0 Å². The van der Waals surface area contributed by atoms with Gasteiger partial charge in [-0.1, -0.05) is 64.8 Å². The summed E-state index contributed by atoms with van der Waals surface area (Å²) in [6, 6.07) is 8.99. The Labute approximate surface area is 106 Å². The molecule has 0 radical (unpaired) electrons. The first-order valence-electron chi connectivity index (χ1n) is 6.39. The van der Waals surface area contributed by atoms with Crippen molar-refractivity contribution in [3.8, 4) is 11.8 Å². The van der Waals surface area contributed by atoms with E-state index in [0.29, 0.717) is 11.8 Å². The first-order valence-corrected chi connectivity index (χ1v) is 6.39. The molecule has 0 bridgehead atoms. The molecule has 0 N–H and O–H groups in total. The molecule has 92 valence electrons. The van der Waals surface area contributed by atoms with Crippen molar-refractivity contribution in [1.29, 1.82) is 0 Å². The molecule has 1 rings (SSSR count). The Bertz CT molecular complexity index is 406. The second-order valence-corrected chi connectivity index (χ2v) is 5.84. The van der Waals surface area contributed by atoms with Gasteiger partial charge in [-0.25, -0.2) is 0 Å². The van der Waals surface area contributed by atoms with Crippen LogP contribution in [0.3, 0.4) is 0 Å². The molecule has 1 aromatic carbocycles. The van der Waals surface area contributed by atoms with Gasteiger partial charge in [-0.05, 0) is 29.4 Å². The van der Waals surface area contributed by atoms with E-state index in [1.807, 2.05) is 6.92 Å². The van der Waals surface area contributed by atoms with Crippen molar-refractivity contribution < 1.29 is 0 Å². The van der Waals surface area contributed by atoms with Crippen LogP contribution in [0.15, 0.2) is 24.3 Å². The molecule has 0 aliphatic carbocycles. The highest BCUT2D eigenvalue weighted by molar-refractivity contribution is 5.30. The van der Waals surface area contributed by atoms with Crippen LogP contribution in [0.5, 0.6) is 0 Å². The van der Waals surface area contributed by atoms with E-state index in [-0.39, 0.29) is 5.41 Å². The molecule has 0 saturated heterocycles. The Kier molecular flexibility index (Phi) is 4.40. The summed E-state index contributed by atoms with van der Waals surface area (Å²) in [5.41, 5.74) is 3.01. The predicted molar refractivity (Wildman–Crippen MR) is 76.2 cm³/mol. The Morgan fingerprint density at radius 1 is 1.00 bits per heavy atom. The quantitative estimate of drug-likeness (QED) is 0.641. The van der Waals surface area contributed by atoms with Gasteiger partial charge in [-0.3, -0.25) is 0 Å². The van der Waals surface area contributed by atoms with Gasteiger partial charge in [-0.2, -0.15) is 0 Å². The highest BCUT2D eigenvalue weighted by Crippen LogP contribution is 2.27. The molecule has 17 heavy (non-hydrogen) atoms. The zero-order valence-corrected chi connectivity index (χ0v) is 12.0. The SMILES string of the molecule is CC#CC(C)C(C)c1ccc(C(C)(C)C)cc1. The smallest absolute Gasteiger partial charge is 0.0240 e. The van der Waals surface area contributed by atoms with E-state index in [9.17, 15) is 0 Å². The average Bonchev–Trinajstić information content (AvgIpc) is 2.27. The monoisotopic (exact) mass is 228 g/mol. The second-order valence-electron chi connectivity index (χ2n) is 5.84. The Morgan fingerprint density at radius 3 is 1.94 bits per heavy atom. The molecule has 0 aliphatic heterocycles. The summed E-state index contributed by atoms with van der Waals surface area (Å²) < 4.78 is 0. The van der Waals surface area contributed by atoms with E-state index < -0.39 is 0 Å². The van der Waals surface area contributed by atoms with E-state index >= 15 is 0 Å². The molecular formula is C17H24. The summed E-state index contributed by atoms with van der Waals surface area (Å²) >= 11 is 0. The topological polar surface area (TPSA) is 0 Å². The number of hydrogen-bond acceptors (Lipinski definition) is 0. The fraction of sp³-hybridized carbons (Fsp3) is 0.529. The summed E-state index contributed by atoms with van der Waals surface area (Å²) in [4.78, 5) is 0. The fourth-order valence-corrected chi connectivity index (χ4v) is 1.93. The van der Waals surface area contributed by atoms with Crippen molar-refractivity contribution in [2.45, 2.75) is 52.9 Å². The van der Waals surface area contributed by atoms with Gasteiger partial charge in [0.1, 0.15) is 0 Å². The number of benzene rings is 1. The maximum absolute atomic E-state index is 3.24. The van der Waals surface area contributed by atoms with Gasteiger partial charge >= 0.3 is 0 Å². The van der Waals surface area contributed by atoms with E-state index in [0.717, 1.165) is 0 Å². The fourth-order valence-electron chi connectivity index (χ4n) is 1.93. The Morgan fingerprint density at radius 2 is 1.53 bits per heavy atom. The molecule has 2 unspecified atom stereocenters. The van der Waals surface area contributed by atoms with Crippen LogP contribution in [0.4, 0.5) is 0 Å². The molecule has 0 fully saturated rings. The van der Waals surface area contributed by atoms with Crippen LogP contribution < -0.4 is 0 Å². The van der Waals surface area contributed by atoms with Crippen LogP contribution in [0.2, 0.25) is 0 Å². The second kappa shape index (κ2) is 5.41. The lowest BCUT2D eigenvalue weighted by atomic mass is 9.84. The molecule has 2 atom stereocenters. The van der Waals surface area contributed by atoms with Gasteiger partial charge in [0.05, 0.1) is 0 Å². The maximum Gasteiger partial charge on any atom is 0.0240 e. The molecule has 0 aliphatic rings. The van der Waals surface area contributed by atoms with Crippen LogP contribution in [0.1, 0.15) is 58.6 Å². The average molecular weight is 228 g/mol. The van der Waals surface area contributed by atoms with E-state index in [1.165, 1.54) is 11.1 Å². The molecule has 0 heteroatoms. The lowest BCUT2D eigenvalue weighted by Gasteiger charge is -2.21. The lowest BCUT2D eigenvalue weighted by molar-refractivity contribution is 0.585. The van der Waals surface area contributed by atoms with Gasteiger partial charge in [0.15, 0.2) is 0 Å². The van der Waals surface area contributed by atoms with Crippen molar-refractivity contribution in [1.82, 2.24) is 0 Å². The van der Waals surface area contributed by atoms with Gasteiger partial charge in [0.25, 0.3) is 0 Å². The highest BCUT2D eigenvalue weighted by Gasteiger charge is 2.15. The van der Waals surface area contributed by atoms with Crippen LogP contribution >= 0.6 is 0 Å². The standard InChI is InChI=1S/C17H24/c1-7-8-13(2)14(3)15-9-11-16(12-10-15)17(4,5)6/h9-14H,1-6H3. The first-order chi connectivity index (χ1) is 7.86. The van der Waals surface area contributed by atoms with Crippen molar-refractivity contribution in [3.05, 3.63) is 35.4 Å². The third-order valence-corrected chi connectivity index (χ3v) is 3.42. The molecule has 0 aromatic heterocycles. The van der Waals surface area contributed by atoms with Crippen molar-refractivity contribution in [2.24, 2.45) is 5.92 Å². The van der Waals surface area contributed by atoms with Crippen LogP contribution in [0.25, 0.3) is 0 Å². The van der Waals surface area contributed by atoms with Crippen molar-refractivity contribution >= 4 is 0 Å². The van der Waals surface area contributed by atoms with E-state index in [1.54, 1.807) is 0 Å². The molecule has 0 heterocycles. The maximum atomic E-state index is 3.24. The zero-order valence-electron chi connectivity index (χ0n) is 12.0. The summed E-state index contributed by atoms with van der Waals surface area (Å²) in [6.45, 7) is 13.1. The van der Waals surface area contributed by atoms with E-state index in [4.69, 9.17) is 0 Å². The largest absolute Gasteiger partial charge is 0.106 e. The summed E-state index contributed by atoms with van der Waals surface area (Å²) in [6.07, 6.45) is 0. The van der Waals surface area contributed by atoms with Gasteiger partial charge < -0.3 is 0 Å². The highest BCUT2D eigenvalue weighted by atomic mass is 14.2. The normalized spacial score (nSPS) is 14.7. The van der Waals surface area contributed by atoms with Gasteiger partial charge in [0, 0.05) is 5.92 Å². The van der Waals surface area contributed by atoms with Crippen LogP contribution in [0, 0.1) is 17.8 Å². The molecule has 1 aromatic rings. The molecule has 0 nitrogen and oxygen atoms in total. The minimum atomic E-state index is 0.233. The third-order valence-electron chi connectivity index (χ3n) is 3.42. The summed E-state index contributed by atoms with van der Waals surface area (Å²) in [7, 11) is 0. The first kappa shape index (κ1) is 13.8. The Balaban J connectivity index is 2.90. The van der Waals surface area contributed by atoms with Crippen molar-refractivity contribution in [3.63, 3.8) is 0 Å². The molecule has 0 amide bonds.